The summed E-state index contributed by atoms with van der Waals surface area (Å²) >= 11 is 0. The van der Waals surface area contributed by atoms with Crippen molar-refractivity contribution in [3.05, 3.63) is 69.8 Å². The number of amides is 1. The summed E-state index contributed by atoms with van der Waals surface area (Å²) in [7, 11) is 1.42. The highest BCUT2D eigenvalue weighted by molar-refractivity contribution is 5.91. The van der Waals surface area contributed by atoms with Gasteiger partial charge >= 0.3 is 0 Å². The Kier molecular flexibility index (Phi) is 7.08. The zero-order valence-electron chi connectivity index (χ0n) is 15.1. The van der Waals surface area contributed by atoms with E-state index in [1.54, 1.807) is 12.1 Å². The molecule has 2 aromatic carbocycles. The number of phenolic OH excluding ortho intramolecular Hbond substituents is 1. The van der Waals surface area contributed by atoms with Gasteiger partial charge in [-0.1, -0.05) is 6.07 Å². The third-order valence-electron chi connectivity index (χ3n) is 3.99. The fourth-order valence-corrected chi connectivity index (χ4v) is 2.40. The minimum atomic E-state index is -1.09. The van der Waals surface area contributed by atoms with Crippen LogP contribution in [0.2, 0.25) is 0 Å². The number of carbonyl (C=O) groups excluding carboxylic acids is 1. The van der Waals surface area contributed by atoms with Crippen molar-refractivity contribution in [3.8, 4) is 11.5 Å². The van der Waals surface area contributed by atoms with Gasteiger partial charge in [-0.25, -0.2) is 0 Å². The molecule has 9 nitrogen and oxygen atoms in total. The molecule has 0 heterocycles. The number of hydrogen-bond acceptors (Lipinski definition) is 7. The van der Waals surface area contributed by atoms with Gasteiger partial charge in [0.25, 0.3) is 5.69 Å². The Balaban J connectivity index is 1.89. The number of benzene rings is 2. The van der Waals surface area contributed by atoms with Crippen LogP contribution in [0.1, 0.15) is 17.2 Å². The number of ether oxygens (including phenoxy) is 1. The van der Waals surface area contributed by atoms with Crippen molar-refractivity contribution < 1.29 is 24.7 Å². The average molecular weight is 387 g/mol. The van der Waals surface area contributed by atoms with Crippen LogP contribution in [0.4, 0.5) is 5.69 Å². The van der Waals surface area contributed by atoms with Crippen molar-refractivity contribution in [2.24, 2.45) is 5.73 Å². The number of non-ortho nitro benzene ring substituents is 1. The maximum absolute atomic E-state index is 11.9. The first-order valence-electron chi connectivity index (χ1n) is 8.32. The Bertz CT molecular complexity index is 866. The third-order valence-corrected chi connectivity index (χ3v) is 3.99. The molecule has 2 atom stereocenters. The summed E-state index contributed by atoms with van der Waals surface area (Å²) in [6.45, 7) is 0.000225. The predicted octanol–water partition coefficient (Wildman–Crippen LogP) is 1.50. The number of nitro benzene ring substituents is 1. The van der Waals surface area contributed by atoms with Crippen LogP contribution in [-0.4, -0.2) is 40.7 Å². The van der Waals surface area contributed by atoms with Crippen molar-refractivity contribution in [1.29, 1.82) is 0 Å². The van der Waals surface area contributed by atoms with Gasteiger partial charge in [-0.05, 0) is 41.5 Å². The maximum atomic E-state index is 11.9. The quantitative estimate of drug-likeness (QED) is 0.305. The van der Waals surface area contributed by atoms with Gasteiger partial charge in [0.15, 0.2) is 11.5 Å². The molecular weight excluding hydrogens is 366 g/mol. The van der Waals surface area contributed by atoms with E-state index in [2.05, 4.69) is 5.32 Å². The van der Waals surface area contributed by atoms with Crippen LogP contribution in [0.5, 0.6) is 11.5 Å². The number of aliphatic hydroxyl groups is 1. The maximum Gasteiger partial charge on any atom is 0.269 e. The van der Waals surface area contributed by atoms with Crippen LogP contribution in [0, 0.1) is 10.1 Å². The molecule has 0 aliphatic carbocycles. The Hall–Kier alpha value is -3.43. The van der Waals surface area contributed by atoms with Crippen molar-refractivity contribution >= 4 is 17.7 Å². The molecule has 0 fully saturated rings. The number of aromatic hydroxyl groups is 1. The predicted molar refractivity (Wildman–Crippen MR) is 103 cm³/mol. The monoisotopic (exact) mass is 387 g/mol. The van der Waals surface area contributed by atoms with E-state index >= 15 is 0 Å². The van der Waals surface area contributed by atoms with E-state index in [-0.39, 0.29) is 23.7 Å². The second-order valence-corrected chi connectivity index (χ2v) is 5.97. The molecule has 148 valence electrons. The number of nitrogens with zero attached hydrogens (tertiary/aromatic N) is 1. The van der Waals surface area contributed by atoms with Crippen LogP contribution in [0.25, 0.3) is 6.08 Å². The first-order chi connectivity index (χ1) is 13.3. The molecule has 0 saturated carbocycles. The fraction of sp³-hybridized carbons (Fsp3) is 0.211. The number of nitrogens with two attached hydrogens (primary N) is 1. The van der Waals surface area contributed by atoms with E-state index in [1.807, 2.05) is 0 Å². The van der Waals surface area contributed by atoms with Crippen LogP contribution in [0.3, 0.4) is 0 Å². The van der Waals surface area contributed by atoms with Crippen molar-refractivity contribution in [1.82, 2.24) is 5.32 Å². The number of rotatable bonds is 8. The van der Waals surface area contributed by atoms with E-state index in [9.17, 15) is 25.1 Å². The highest BCUT2D eigenvalue weighted by atomic mass is 16.6. The number of phenols is 1. The Labute approximate surface area is 161 Å². The normalized spacial score (nSPS) is 13.1. The third kappa shape index (κ3) is 5.53. The zero-order valence-corrected chi connectivity index (χ0v) is 15.1. The lowest BCUT2D eigenvalue weighted by molar-refractivity contribution is -0.384. The molecular formula is C19H21N3O6. The van der Waals surface area contributed by atoms with E-state index in [0.717, 1.165) is 0 Å². The minimum Gasteiger partial charge on any atom is -0.504 e. The summed E-state index contributed by atoms with van der Waals surface area (Å²) in [6, 6.07) is 9.23. The largest absolute Gasteiger partial charge is 0.504 e. The number of methoxy groups -OCH3 is 1. The molecule has 1 amide bonds. The van der Waals surface area contributed by atoms with E-state index < -0.39 is 23.0 Å². The van der Waals surface area contributed by atoms with Gasteiger partial charge in [0.1, 0.15) is 0 Å². The van der Waals surface area contributed by atoms with Crippen LogP contribution < -0.4 is 15.8 Å². The molecule has 0 radical (unpaired) electrons. The Morgan fingerprint density at radius 3 is 2.61 bits per heavy atom. The van der Waals surface area contributed by atoms with Crippen molar-refractivity contribution in [3.63, 3.8) is 0 Å². The Morgan fingerprint density at radius 1 is 1.32 bits per heavy atom. The zero-order chi connectivity index (χ0) is 20.7. The van der Waals surface area contributed by atoms with Crippen molar-refractivity contribution in [2.45, 2.75) is 12.1 Å². The van der Waals surface area contributed by atoms with Gasteiger partial charge in [0.2, 0.25) is 5.91 Å². The summed E-state index contributed by atoms with van der Waals surface area (Å²) in [5.74, 6) is -0.135. The molecule has 28 heavy (non-hydrogen) atoms. The number of carbonyl (C=O) groups is 1. The topological polar surface area (TPSA) is 148 Å². The highest BCUT2D eigenvalue weighted by Gasteiger charge is 2.18. The second-order valence-electron chi connectivity index (χ2n) is 5.97. The molecule has 0 saturated heterocycles. The van der Waals surface area contributed by atoms with Crippen LogP contribution in [0.15, 0.2) is 48.5 Å². The van der Waals surface area contributed by atoms with Crippen molar-refractivity contribution in [2.75, 3.05) is 13.7 Å². The summed E-state index contributed by atoms with van der Waals surface area (Å²) in [6.07, 6.45) is 1.73. The number of nitro groups is 1. The van der Waals surface area contributed by atoms with Gasteiger partial charge in [-0.2, -0.15) is 0 Å². The van der Waals surface area contributed by atoms with Gasteiger partial charge < -0.3 is 26.0 Å². The summed E-state index contributed by atoms with van der Waals surface area (Å²) in [5.41, 5.74) is 6.87. The lowest BCUT2D eigenvalue weighted by Gasteiger charge is -2.19. The lowest BCUT2D eigenvalue weighted by atomic mass is 10.0. The SMILES string of the molecule is COc1cc(C=CC(=O)NC[C@H](N)[C@@H](O)c2ccc([N+](=O)[O-])cc2)ccc1O. The number of nitrogens with one attached hydrogen (secondary N) is 1. The lowest BCUT2D eigenvalue weighted by Crippen LogP contribution is -2.40. The molecule has 0 aliphatic heterocycles. The fourth-order valence-electron chi connectivity index (χ4n) is 2.40. The molecule has 0 unspecified atom stereocenters. The van der Waals surface area contributed by atoms with Gasteiger partial charge in [0, 0.05) is 24.8 Å². The van der Waals surface area contributed by atoms with E-state index in [4.69, 9.17) is 10.5 Å². The Morgan fingerprint density at radius 2 is 2.00 bits per heavy atom. The highest BCUT2D eigenvalue weighted by Crippen LogP contribution is 2.26. The molecule has 0 spiro atoms. The molecule has 2 rings (SSSR count). The smallest absolute Gasteiger partial charge is 0.269 e. The van der Waals surface area contributed by atoms with E-state index in [1.165, 1.54) is 49.6 Å². The summed E-state index contributed by atoms with van der Waals surface area (Å²) in [5, 5.41) is 33.0. The molecule has 0 bridgehead atoms. The van der Waals surface area contributed by atoms with E-state index in [0.29, 0.717) is 11.1 Å². The number of hydrogen-bond donors (Lipinski definition) is 4. The van der Waals surface area contributed by atoms with Gasteiger partial charge in [-0.3, -0.25) is 14.9 Å². The molecule has 2 aromatic rings. The van der Waals surface area contributed by atoms with Gasteiger partial charge in [0.05, 0.1) is 24.2 Å². The molecule has 0 aromatic heterocycles. The van der Waals surface area contributed by atoms with Crippen LogP contribution >= 0.6 is 0 Å². The summed E-state index contributed by atoms with van der Waals surface area (Å²) in [4.78, 5) is 22.0. The molecule has 5 N–H and O–H groups in total. The first kappa shape index (κ1) is 20.9. The van der Waals surface area contributed by atoms with Crippen LogP contribution in [-0.2, 0) is 4.79 Å². The van der Waals surface area contributed by atoms with Gasteiger partial charge in [-0.15, -0.1) is 0 Å². The molecule has 9 heteroatoms. The molecule has 0 aliphatic rings. The standard InChI is InChI=1S/C19H21N3O6/c1-28-17-10-12(2-8-16(17)23)3-9-18(24)21-11-15(20)19(25)13-4-6-14(7-5-13)22(26)27/h2-10,15,19,23,25H,11,20H2,1H3,(H,21,24)/t15-,19-/m0/s1. The minimum absolute atomic E-state index is 0.000225. The second kappa shape index (κ2) is 9.49. The number of aliphatic hydroxyl groups excluding tert-OH is 1. The summed E-state index contributed by atoms with van der Waals surface area (Å²) < 4.78 is 4.99. The average Bonchev–Trinajstić information content (AvgIpc) is 2.70. The first-order valence-corrected chi connectivity index (χ1v) is 8.32.